The highest BCUT2D eigenvalue weighted by Gasteiger charge is 2.69. The zero-order valence-electron chi connectivity index (χ0n) is 23.1. The van der Waals surface area contributed by atoms with Crippen LogP contribution in [0.5, 0.6) is 11.5 Å². The molecule has 0 saturated heterocycles. The van der Waals surface area contributed by atoms with Crippen molar-refractivity contribution in [3.8, 4) is 34.1 Å². The summed E-state index contributed by atoms with van der Waals surface area (Å²) in [5.41, 5.74) is 12.9. The third kappa shape index (κ3) is 2.40. The minimum atomic E-state index is -0.561. The molecule has 0 fully saturated rings. The molecule has 1 atom stereocenters. The van der Waals surface area contributed by atoms with Gasteiger partial charge in [0.05, 0.1) is 16.7 Å². The van der Waals surface area contributed by atoms with Crippen LogP contribution in [0.1, 0.15) is 53.4 Å². The van der Waals surface area contributed by atoms with Gasteiger partial charge in [0.2, 0.25) is 11.2 Å². The van der Waals surface area contributed by atoms with E-state index in [9.17, 15) is 0 Å². The van der Waals surface area contributed by atoms with Crippen molar-refractivity contribution in [1.82, 2.24) is 4.57 Å². The van der Waals surface area contributed by atoms with Crippen LogP contribution >= 0.6 is 0 Å². The van der Waals surface area contributed by atoms with Gasteiger partial charge in [-0.05, 0) is 73.4 Å². The average Bonchev–Trinajstić information content (AvgIpc) is 3.55. The van der Waals surface area contributed by atoms with E-state index in [2.05, 4.69) is 139 Å². The Morgan fingerprint density at radius 1 is 0.800 bits per heavy atom. The zero-order chi connectivity index (χ0) is 26.9. The molecule has 0 saturated carbocycles. The molecule has 0 bridgehead atoms. The third-order valence-corrected chi connectivity index (χ3v) is 9.08. The van der Waals surface area contributed by atoms with Gasteiger partial charge >= 0.3 is 11.4 Å². The fourth-order valence-electron chi connectivity index (χ4n) is 7.70. The number of pyridine rings is 1. The Morgan fingerprint density at radius 2 is 1.60 bits per heavy atom. The van der Waals surface area contributed by atoms with Gasteiger partial charge < -0.3 is 4.74 Å². The molecule has 1 spiro atoms. The molecule has 5 heterocycles. The van der Waals surface area contributed by atoms with Crippen molar-refractivity contribution >= 4 is 11.0 Å². The number of benzene rings is 4. The molecule has 3 aliphatic heterocycles. The van der Waals surface area contributed by atoms with Crippen molar-refractivity contribution in [2.45, 2.75) is 39.2 Å². The Kier molecular flexibility index (Phi) is 4.03. The molecule has 4 heteroatoms. The second kappa shape index (κ2) is 7.28. The number of hydrogen-bond acceptors (Lipinski definition) is 1. The number of ether oxygens (including phenoxy) is 1. The lowest BCUT2D eigenvalue weighted by molar-refractivity contribution is -0.733. The quantitative estimate of drug-likeness (QED) is 0.222. The van der Waals surface area contributed by atoms with Crippen molar-refractivity contribution in [1.29, 1.82) is 0 Å². The van der Waals surface area contributed by atoms with Crippen LogP contribution in [0.4, 0.5) is 0 Å². The summed E-state index contributed by atoms with van der Waals surface area (Å²) in [6.45, 7) is 8.89. The predicted octanol–water partition coefficient (Wildman–Crippen LogP) is 7.17. The molecule has 0 radical (unpaired) electrons. The average molecular weight is 520 g/mol. The van der Waals surface area contributed by atoms with Gasteiger partial charge in [-0.3, -0.25) is 0 Å². The van der Waals surface area contributed by atoms with E-state index in [-0.39, 0.29) is 0 Å². The second-order valence-corrected chi connectivity index (χ2v) is 11.8. The molecule has 9 rings (SSSR count). The van der Waals surface area contributed by atoms with Crippen LogP contribution in [0, 0.1) is 13.8 Å². The number of imidazole rings is 1. The third-order valence-electron chi connectivity index (χ3n) is 9.08. The van der Waals surface area contributed by atoms with Crippen LogP contribution in [0.15, 0.2) is 97.2 Å². The van der Waals surface area contributed by atoms with E-state index in [0.29, 0.717) is 5.92 Å². The minimum absolute atomic E-state index is 0.332. The number of fused-ring (bicyclic) bond motifs is 7. The SMILES string of the molecule is Cc1cc(C)cc(-n2c3[n+]4c5c(cccc52)Oc2c(C(C)C)ccc(c2-4)C32c3ccccc3-c3cccc[n+]32)c1. The highest BCUT2D eigenvalue weighted by atomic mass is 16.5. The number of hydrogen-bond donors (Lipinski definition) is 0. The molecule has 1 unspecified atom stereocenters. The fourth-order valence-corrected chi connectivity index (χ4v) is 7.70. The van der Waals surface area contributed by atoms with Crippen molar-refractivity contribution in [3.63, 3.8) is 0 Å². The maximum Gasteiger partial charge on any atom is 0.352 e. The lowest BCUT2D eigenvalue weighted by atomic mass is 9.82. The van der Waals surface area contributed by atoms with Crippen LogP contribution in [0.2, 0.25) is 0 Å². The van der Waals surface area contributed by atoms with E-state index < -0.39 is 5.54 Å². The van der Waals surface area contributed by atoms with Gasteiger partial charge in [0.25, 0.3) is 0 Å². The summed E-state index contributed by atoms with van der Waals surface area (Å²) in [7, 11) is 0. The monoisotopic (exact) mass is 519 g/mol. The van der Waals surface area contributed by atoms with E-state index in [0.717, 1.165) is 22.5 Å². The lowest BCUT2D eigenvalue weighted by Crippen LogP contribution is -2.57. The van der Waals surface area contributed by atoms with E-state index >= 15 is 0 Å². The smallest absolute Gasteiger partial charge is 0.352 e. The maximum atomic E-state index is 6.89. The molecule has 0 amide bonds. The first-order valence-corrected chi connectivity index (χ1v) is 14.2. The van der Waals surface area contributed by atoms with Crippen LogP contribution in [-0.2, 0) is 5.54 Å². The molecule has 4 aromatic carbocycles. The van der Waals surface area contributed by atoms with Crippen LogP contribution in [0.25, 0.3) is 33.7 Å². The summed E-state index contributed by atoms with van der Waals surface area (Å²) in [4.78, 5) is 0. The highest BCUT2D eigenvalue weighted by molar-refractivity contribution is 5.87. The van der Waals surface area contributed by atoms with Gasteiger partial charge in [0.1, 0.15) is 5.69 Å². The zero-order valence-corrected chi connectivity index (χ0v) is 23.1. The van der Waals surface area contributed by atoms with Crippen molar-refractivity contribution < 1.29 is 13.9 Å². The van der Waals surface area contributed by atoms with Gasteiger partial charge in [-0.1, -0.05) is 50.2 Å². The Balaban J connectivity index is 1.58. The van der Waals surface area contributed by atoms with Gasteiger partial charge in [0, 0.05) is 17.7 Å². The van der Waals surface area contributed by atoms with E-state index in [1.54, 1.807) is 0 Å². The number of rotatable bonds is 2. The summed E-state index contributed by atoms with van der Waals surface area (Å²) in [5, 5.41) is 0. The Bertz CT molecular complexity index is 2030. The van der Waals surface area contributed by atoms with E-state index in [1.165, 1.54) is 56.3 Å². The largest absolute Gasteiger partial charge is 0.448 e. The summed E-state index contributed by atoms with van der Waals surface area (Å²) in [6, 6.07) is 33.5. The number of nitrogens with zero attached hydrogens (tertiary/aromatic N) is 3. The Morgan fingerprint density at radius 3 is 2.42 bits per heavy atom. The summed E-state index contributed by atoms with van der Waals surface area (Å²) in [6.07, 6.45) is 2.26. The highest BCUT2D eigenvalue weighted by Crippen LogP contribution is 2.56. The molecular weight excluding hydrogens is 490 g/mol. The van der Waals surface area contributed by atoms with E-state index in [4.69, 9.17) is 4.74 Å². The fraction of sp³-hybridized carbons (Fsp3) is 0.167. The first-order valence-electron chi connectivity index (χ1n) is 14.2. The number of aryl methyl sites for hydroxylation is 2. The van der Waals surface area contributed by atoms with E-state index in [1.807, 2.05) is 0 Å². The second-order valence-electron chi connectivity index (χ2n) is 11.8. The topological polar surface area (TPSA) is 21.9 Å². The predicted molar refractivity (Wildman–Crippen MR) is 156 cm³/mol. The molecule has 2 aromatic heterocycles. The molecule has 6 aromatic rings. The number of para-hydroxylation sites is 1. The van der Waals surface area contributed by atoms with Crippen molar-refractivity contribution in [2.24, 2.45) is 0 Å². The van der Waals surface area contributed by atoms with Crippen molar-refractivity contribution in [2.75, 3.05) is 0 Å². The molecule has 3 aliphatic rings. The van der Waals surface area contributed by atoms with Crippen molar-refractivity contribution in [3.05, 3.63) is 131 Å². The van der Waals surface area contributed by atoms with Crippen LogP contribution < -0.4 is 13.9 Å². The first-order chi connectivity index (χ1) is 19.5. The van der Waals surface area contributed by atoms with Crippen LogP contribution in [0.3, 0.4) is 0 Å². The molecule has 40 heavy (non-hydrogen) atoms. The van der Waals surface area contributed by atoms with Crippen LogP contribution in [-0.4, -0.2) is 4.57 Å². The summed E-state index contributed by atoms with van der Waals surface area (Å²) >= 11 is 0. The normalized spacial score (nSPS) is 17.0. The van der Waals surface area contributed by atoms with Gasteiger partial charge in [0.15, 0.2) is 28.9 Å². The molecule has 0 N–H and O–H groups in total. The Labute approximate surface area is 233 Å². The molecular formula is C36H29N3O+2. The summed E-state index contributed by atoms with van der Waals surface area (Å²) < 4.78 is 14.4. The lowest BCUT2D eigenvalue weighted by Gasteiger charge is -2.22. The van der Waals surface area contributed by atoms with Gasteiger partial charge in [-0.2, -0.15) is 13.7 Å². The minimum Gasteiger partial charge on any atom is -0.448 e. The van der Waals surface area contributed by atoms with Gasteiger partial charge in [-0.25, -0.2) is 0 Å². The standard InChI is InChI=1S/C36H29N3O/c1-21(2)25-15-16-28-32-34(25)40-31-14-9-13-30-33(31)39(32)35(38(30)24-19-22(3)18-23(4)20-24)36(28)27-11-6-5-10-26(27)29-12-7-8-17-37(29)36/h5-21H,1-4H3/q+2. The van der Waals surface area contributed by atoms with Gasteiger partial charge in [-0.15, -0.1) is 0 Å². The maximum absolute atomic E-state index is 6.89. The summed E-state index contributed by atoms with van der Waals surface area (Å²) in [5.74, 6) is 3.45. The molecule has 4 nitrogen and oxygen atoms in total. The molecule has 192 valence electrons. The number of aromatic nitrogens is 3. The molecule has 0 aliphatic carbocycles. The Hall–Kier alpha value is -4.70. The first kappa shape index (κ1) is 22.2.